The average Bonchev–Trinajstić information content (AvgIpc) is 1.54. The molecule has 0 aliphatic heterocycles. The summed E-state index contributed by atoms with van der Waals surface area (Å²) in [7, 11) is 0. The summed E-state index contributed by atoms with van der Waals surface area (Å²) in [5.41, 5.74) is 0. The fourth-order valence-corrected chi connectivity index (χ4v) is 0. The minimum atomic E-state index is -2.33. The van der Waals surface area contributed by atoms with Crippen molar-refractivity contribution in [2.75, 3.05) is 0 Å². The zero-order valence-corrected chi connectivity index (χ0v) is 12.1. The number of hydrogen-bond acceptors (Lipinski definition) is 10. The van der Waals surface area contributed by atoms with Crippen LogP contribution in [0.4, 0.5) is 14.4 Å². The van der Waals surface area contributed by atoms with Crippen LogP contribution in [-0.4, -0.2) is 58.7 Å². The Bertz CT molecular complexity index is 122. The van der Waals surface area contributed by atoms with Gasteiger partial charge < -0.3 is 50.5 Å². The summed E-state index contributed by atoms with van der Waals surface area (Å²) < 4.78 is 0. The van der Waals surface area contributed by atoms with Crippen molar-refractivity contribution in [3.63, 3.8) is 0 Å². The second kappa shape index (κ2) is 36.4. The maximum Gasteiger partial charge on any atom is 3.00 e. The van der Waals surface area contributed by atoms with Gasteiger partial charge in [0.25, 0.3) is 0 Å². The van der Waals surface area contributed by atoms with E-state index in [1.54, 1.807) is 0 Å². The SMILES string of the molecule is O=C([O-])[O-].O=C([O-])[O-].O=C([O-])[O-].[Al+3].[Al+3].[Na+].[OH-]. The number of carbonyl (C=O) groups excluding carboxylic acids is 3. The van der Waals surface area contributed by atoms with E-state index < -0.39 is 18.5 Å². The zero-order valence-electron chi connectivity index (χ0n) is 7.78. The van der Waals surface area contributed by atoms with E-state index in [-0.39, 0.29) is 69.8 Å². The monoisotopic (exact) mass is 274 g/mol. The van der Waals surface area contributed by atoms with Crippen molar-refractivity contribution in [1.82, 2.24) is 0 Å². The van der Waals surface area contributed by atoms with E-state index in [9.17, 15) is 0 Å². The molecule has 0 unspecified atom stereocenters. The summed E-state index contributed by atoms with van der Waals surface area (Å²) >= 11 is 0. The Morgan fingerprint density at radius 2 is 0.562 bits per heavy atom. The Kier molecular flexibility index (Phi) is 102. The molecule has 0 atom stereocenters. The van der Waals surface area contributed by atoms with Gasteiger partial charge in [0.2, 0.25) is 0 Å². The molecule has 16 heavy (non-hydrogen) atoms. The van der Waals surface area contributed by atoms with E-state index in [1.807, 2.05) is 0 Å². The normalized spacial score (nSPS) is 4.50. The number of hydrogen-bond donors (Lipinski definition) is 0. The topological polar surface area (TPSA) is 220 Å². The first kappa shape index (κ1) is 44.6. The van der Waals surface area contributed by atoms with Crippen LogP contribution in [0.3, 0.4) is 0 Å². The third-order valence-corrected chi connectivity index (χ3v) is 0. The Balaban J connectivity index is -0.0000000135. The van der Waals surface area contributed by atoms with E-state index in [0.717, 1.165) is 0 Å². The van der Waals surface area contributed by atoms with Gasteiger partial charge in [-0.25, -0.2) is 0 Å². The van der Waals surface area contributed by atoms with Crippen molar-refractivity contribution in [3.8, 4) is 0 Å². The van der Waals surface area contributed by atoms with Crippen LogP contribution in [0.2, 0.25) is 0 Å². The van der Waals surface area contributed by atoms with Gasteiger partial charge in [0, 0.05) is 0 Å². The molecule has 13 heteroatoms. The van der Waals surface area contributed by atoms with Crippen molar-refractivity contribution in [3.05, 3.63) is 0 Å². The van der Waals surface area contributed by atoms with Crippen LogP contribution >= 0.6 is 0 Å². The quantitative estimate of drug-likeness (QED) is 0.379. The Morgan fingerprint density at radius 1 is 0.562 bits per heavy atom. The van der Waals surface area contributed by atoms with Gasteiger partial charge in [-0.05, 0) is 18.5 Å². The van der Waals surface area contributed by atoms with Crippen LogP contribution in [0.5, 0.6) is 0 Å². The van der Waals surface area contributed by atoms with E-state index in [4.69, 9.17) is 45.0 Å². The molecular formula is C3HAl2NaO10. The fraction of sp³-hybridized carbons (Fsp3) is 0. The van der Waals surface area contributed by atoms with E-state index in [0.29, 0.717) is 0 Å². The maximum atomic E-state index is 8.33. The van der Waals surface area contributed by atoms with E-state index in [1.165, 1.54) is 0 Å². The van der Waals surface area contributed by atoms with Crippen LogP contribution in [0.15, 0.2) is 0 Å². The Morgan fingerprint density at radius 3 is 0.562 bits per heavy atom. The molecule has 0 aliphatic rings. The molecule has 0 rings (SSSR count). The molecular weight excluding hydrogens is 273 g/mol. The second-order valence-electron chi connectivity index (χ2n) is 0.750. The van der Waals surface area contributed by atoms with Crippen molar-refractivity contribution in [1.29, 1.82) is 0 Å². The van der Waals surface area contributed by atoms with Gasteiger partial charge >= 0.3 is 64.3 Å². The second-order valence-corrected chi connectivity index (χ2v) is 0.750. The van der Waals surface area contributed by atoms with Gasteiger partial charge in [-0.3, -0.25) is 0 Å². The summed E-state index contributed by atoms with van der Waals surface area (Å²) in [5.74, 6) is 0. The summed E-state index contributed by atoms with van der Waals surface area (Å²) in [6.45, 7) is 0. The van der Waals surface area contributed by atoms with Crippen LogP contribution < -0.4 is 60.2 Å². The van der Waals surface area contributed by atoms with Crippen LogP contribution in [-0.2, 0) is 0 Å². The first-order valence-electron chi connectivity index (χ1n) is 1.84. The molecule has 80 valence electrons. The summed E-state index contributed by atoms with van der Waals surface area (Å²) in [4.78, 5) is 25.0. The van der Waals surface area contributed by atoms with Crippen LogP contribution in [0.1, 0.15) is 0 Å². The largest absolute Gasteiger partial charge is 3.00 e. The molecule has 0 aromatic rings. The number of rotatable bonds is 0. The minimum Gasteiger partial charge on any atom is -0.870 e. The molecule has 0 aliphatic carbocycles. The first-order valence-corrected chi connectivity index (χ1v) is 1.84. The molecule has 1 N–H and O–H groups in total. The molecule has 0 saturated heterocycles. The fourth-order valence-electron chi connectivity index (χ4n) is 0. The molecule has 0 spiro atoms. The van der Waals surface area contributed by atoms with Crippen molar-refractivity contribution in [2.45, 2.75) is 0 Å². The predicted octanol–water partition coefficient (Wildman–Crippen LogP) is -11.3. The molecule has 0 fully saturated rings. The van der Waals surface area contributed by atoms with Crippen LogP contribution in [0, 0.1) is 0 Å². The van der Waals surface area contributed by atoms with Gasteiger partial charge in [-0.2, -0.15) is 0 Å². The standard InChI is InChI=1S/3CH2O3.2Al.Na.H2O/c3*2-1(3)4;;;;/h3*(H2,2,3,4);;;;1H2/q;;;2*+3;+1;/p-7. The summed E-state index contributed by atoms with van der Waals surface area (Å²) in [6, 6.07) is 0. The van der Waals surface area contributed by atoms with Gasteiger partial charge in [0.15, 0.2) is 0 Å². The molecule has 10 nitrogen and oxygen atoms in total. The first-order chi connectivity index (χ1) is 5.20. The molecule has 0 bridgehead atoms. The third kappa shape index (κ3) is 83600. The van der Waals surface area contributed by atoms with E-state index >= 15 is 0 Å². The molecule has 0 radical (unpaired) electrons. The summed E-state index contributed by atoms with van der Waals surface area (Å²) in [5, 5.41) is 50.0. The zero-order chi connectivity index (χ0) is 10.7. The molecule has 0 amide bonds. The Hall–Kier alpha value is -0.165. The van der Waals surface area contributed by atoms with Gasteiger partial charge in [0.1, 0.15) is 0 Å². The van der Waals surface area contributed by atoms with Gasteiger partial charge in [0.05, 0.1) is 0 Å². The van der Waals surface area contributed by atoms with Crippen molar-refractivity contribution < 1.29 is 80.1 Å². The van der Waals surface area contributed by atoms with E-state index in [2.05, 4.69) is 0 Å². The van der Waals surface area contributed by atoms with Gasteiger partial charge in [-0.15, -0.1) is 0 Å². The average molecular weight is 274 g/mol. The molecule has 0 saturated carbocycles. The maximum absolute atomic E-state index is 8.33. The molecule has 0 aromatic carbocycles. The smallest absolute Gasteiger partial charge is 0.870 e. The number of carboxylic acid groups (broad SMARTS) is 6. The minimum absolute atomic E-state index is 0. The molecule has 0 aromatic heterocycles. The van der Waals surface area contributed by atoms with Crippen molar-refractivity contribution >= 4 is 53.2 Å². The summed E-state index contributed by atoms with van der Waals surface area (Å²) in [6.07, 6.45) is -7.00. The van der Waals surface area contributed by atoms with Gasteiger partial charge in [-0.1, -0.05) is 0 Å². The molecule has 0 heterocycles. The van der Waals surface area contributed by atoms with Crippen molar-refractivity contribution in [2.24, 2.45) is 0 Å². The number of carbonyl (C=O) groups is 3. The predicted molar refractivity (Wildman–Crippen MR) is 29.6 cm³/mol. The Labute approximate surface area is 132 Å². The third-order valence-electron chi connectivity index (χ3n) is 0. The van der Waals surface area contributed by atoms with Crippen LogP contribution in [0.25, 0.3) is 0 Å².